The fourth-order valence-electron chi connectivity index (χ4n) is 2.82. The molecule has 0 unspecified atom stereocenters. The first-order valence-electron chi connectivity index (χ1n) is 6.54. The van der Waals surface area contributed by atoms with Crippen LogP contribution in [0.1, 0.15) is 37.7 Å². The van der Waals surface area contributed by atoms with Gasteiger partial charge in [0.1, 0.15) is 0 Å². The highest BCUT2D eigenvalue weighted by Gasteiger charge is 2.21. The molecule has 1 saturated carbocycles. The van der Waals surface area contributed by atoms with Crippen molar-refractivity contribution in [2.75, 3.05) is 11.9 Å². The molecule has 0 amide bonds. The molecule has 0 radical (unpaired) electrons. The molecule has 0 heterocycles. The summed E-state index contributed by atoms with van der Waals surface area (Å²) in [6.07, 6.45) is 6.67. The van der Waals surface area contributed by atoms with Gasteiger partial charge in [-0.2, -0.15) is 0 Å². The number of rotatable bonds is 3. The van der Waals surface area contributed by atoms with Gasteiger partial charge in [0.2, 0.25) is 0 Å². The molecular weight excluding hydrogens is 356 g/mol. The maximum absolute atomic E-state index is 5.89. The van der Waals surface area contributed by atoms with Gasteiger partial charge in [-0.15, -0.1) is 0 Å². The third-order valence-electron chi connectivity index (χ3n) is 3.80. The Hall–Kier alpha value is -0.0600. The van der Waals surface area contributed by atoms with E-state index < -0.39 is 0 Å². The molecule has 2 rings (SSSR count). The van der Waals surface area contributed by atoms with Gasteiger partial charge in [-0.1, -0.05) is 35.2 Å². The quantitative estimate of drug-likeness (QED) is 0.846. The minimum atomic E-state index is 0.574. The van der Waals surface area contributed by atoms with E-state index in [0.717, 1.165) is 8.95 Å². The zero-order valence-corrected chi connectivity index (χ0v) is 13.9. The van der Waals surface area contributed by atoms with Crippen LogP contribution in [0.5, 0.6) is 0 Å². The van der Waals surface area contributed by atoms with E-state index in [2.05, 4.69) is 55.9 Å². The van der Waals surface area contributed by atoms with Gasteiger partial charge in [-0.3, -0.25) is 0 Å². The summed E-state index contributed by atoms with van der Waals surface area (Å²) in [6, 6.07) is 4.88. The lowest BCUT2D eigenvalue weighted by atomic mass is 9.94. The van der Waals surface area contributed by atoms with Crippen LogP contribution in [-0.2, 0) is 6.54 Å². The van der Waals surface area contributed by atoms with Gasteiger partial charge in [0.15, 0.2) is 0 Å². The first-order valence-corrected chi connectivity index (χ1v) is 8.13. The number of hydrogen-bond acceptors (Lipinski definition) is 2. The van der Waals surface area contributed by atoms with E-state index >= 15 is 0 Å². The Balaban J connectivity index is 2.30. The van der Waals surface area contributed by atoms with E-state index in [1.54, 1.807) is 0 Å². The van der Waals surface area contributed by atoms with Crippen LogP contribution >= 0.6 is 31.9 Å². The Morgan fingerprint density at radius 3 is 2.50 bits per heavy atom. The zero-order chi connectivity index (χ0) is 13.1. The number of hydrogen-bond donors (Lipinski definition) is 1. The summed E-state index contributed by atoms with van der Waals surface area (Å²) in [4.78, 5) is 2.41. The van der Waals surface area contributed by atoms with Gasteiger partial charge in [0.25, 0.3) is 0 Å². The molecule has 0 atom stereocenters. The van der Waals surface area contributed by atoms with Crippen molar-refractivity contribution in [3.63, 3.8) is 0 Å². The fourth-order valence-corrected chi connectivity index (χ4v) is 4.41. The van der Waals surface area contributed by atoms with Crippen LogP contribution in [0.15, 0.2) is 21.1 Å². The molecule has 1 aliphatic carbocycles. The van der Waals surface area contributed by atoms with Crippen LogP contribution in [0.4, 0.5) is 5.69 Å². The maximum Gasteiger partial charge on any atom is 0.0556 e. The van der Waals surface area contributed by atoms with E-state index in [1.807, 2.05) is 0 Å². The van der Waals surface area contributed by atoms with Crippen LogP contribution in [-0.4, -0.2) is 13.1 Å². The number of nitrogens with two attached hydrogens (primary N) is 1. The third kappa shape index (κ3) is 3.09. The van der Waals surface area contributed by atoms with Gasteiger partial charge in [-0.25, -0.2) is 0 Å². The minimum Gasteiger partial charge on any atom is -0.370 e. The molecule has 1 aromatic rings. The van der Waals surface area contributed by atoms with E-state index in [9.17, 15) is 0 Å². The van der Waals surface area contributed by atoms with Crippen molar-refractivity contribution in [1.82, 2.24) is 0 Å². The Bertz CT molecular complexity index is 415. The number of anilines is 1. The SMILES string of the molecule is CN(c1c(Br)cc(Br)cc1CN)C1CCCCC1. The number of nitrogens with zero attached hydrogens (tertiary/aromatic N) is 1. The van der Waals surface area contributed by atoms with Gasteiger partial charge in [-0.05, 0) is 46.5 Å². The summed E-state index contributed by atoms with van der Waals surface area (Å²) in [6.45, 7) is 0.574. The van der Waals surface area contributed by atoms with E-state index in [4.69, 9.17) is 5.73 Å². The Kier molecular flexibility index (Phi) is 5.10. The average molecular weight is 376 g/mol. The lowest BCUT2D eigenvalue weighted by molar-refractivity contribution is 0.427. The highest BCUT2D eigenvalue weighted by Crippen LogP contribution is 2.36. The van der Waals surface area contributed by atoms with Crippen LogP contribution < -0.4 is 10.6 Å². The smallest absolute Gasteiger partial charge is 0.0556 e. The molecule has 2 N–H and O–H groups in total. The maximum atomic E-state index is 5.89. The summed E-state index contributed by atoms with van der Waals surface area (Å²) in [5, 5.41) is 0. The van der Waals surface area contributed by atoms with Gasteiger partial charge in [0.05, 0.1) is 5.69 Å². The summed E-state index contributed by atoms with van der Waals surface area (Å²) in [7, 11) is 2.20. The summed E-state index contributed by atoms with van der Waals surface area (Å²) >= 11 is 7.21. The number of halogens is 2. The summed E-state index contributed by atoms with van der Waals surface area (Å²) in [5.74, 6) is 0. The summed E-state index contributed by atoms with van der Waals surface area (Å²) in [5.41, 5.74) is 8.34. The monoisotopic (exact) mass is 374 g/mol. The predicted molar refractivity (Wildman–Crippen MR) is 85.0 cm³/mol. The standard InChI is InChI=1S/C14H20Br2N2/c1-18(12-5-3-2-4-6-12)14-10(9-17)7-11(15)8-13(14)16/h7-8,12H,2-6,9,17H2,1H3. The first kappa shape index (κ1) is 14.4. The normalized spacial score (nSPS) is 16.9. The van der Waals surface area contributed by atoms with Crippen molar-refractivity contribution in [2.24, 2.45) is 5.73 Å². The molecule has 1 fully saturated rings. The average Bonchev–Trinajstić information content (AvgIpc) is 2.38. The second kappa shape index (κ2) is 6.40. The van der Waals surface area contributed by atoms with Crippen LogP contribution in [0, 0.1) is 0 Å². The second-order valence-electron chi connectivity index (χ2n) is 5.00. The molecule has 100 valence electrons. The van der Waals surface area contributed by atoms with Crippen molar-refractivity contribution in [1.29, 1.82) is 0 Å². The van der Waals surface area contributed by atoms with Crippen LogP contribution in [0.25, 0.3) is 0 Å². The minimum absolute atomic E-state index is 0.574. The lowest BCUT2D eigenvalue weighted by Gasteiger charge is -2.35. The molecule has 2 nitrogen and oxygen atoms in total. The van der Waals surface area contributed by atoms with Crippen molar-refractivity contribution >= 4 is 37.5 Å². The molecule has 0 aliphatic heterocycles. The zero-order valence-electron chi connectivity index (χ0n) is 10.8. The topological polar surface area (TPSA) is 29.3 Å². The highest BCUT2D eigenvalue weighted by atomic mass is 79.9. The first-order chi connectivity index (χ1) is 8.63. The van der Waals surface area contributed by atoms with Gasteiger partial charge in [0, 0.05) is 28.6 Å². The fraction of sp³-hybridized carbons (Fsp3) is 0.571. The van der Waals surface area contributed by atoms with Gasteiger partial charge < -0.3 is 10.6 Å². The van der Waals surface area contributed by atoms with E-state index in [1.165, 1.54) is 43.4 Å². The molecule has 0 spiro atoms. The van der Waals surface area contributed by atoms with E-state index in [-0.39, 0.29) is 0 Å². The predicted octanol–water partition coefficient (Wildman–Crippen LogP) is 4.44. The molecule has 4 heteroatoms. The largest absolute Gasteiger partial charge is 0.370 e. The van der Waals surface area contributed by atoms with Crippen molar-refractivity contribution in [2.45, 2.75) is 44.7 Å². The molecule has 0 saturated heterocycles. The Labute approximate surface area is 126 Å². The van der Waals surface area contributed by atoms with Crippen LogP contribution in [0.2, 0.25) is 0 Å². The lowest BCUT2D eigenvalue weighted by Crippen LogP contribution is -2.34. The van der Waals surface area contributed by atoms with Crippen LogP contribution in [0.3, 0.4) is 0 Å². The number of benzene rings is 1. The van der Waals surface area contributed by atoms with Gasteiger partial charge >= 0.3 is 0 Å². The van der Waals surface area contributed by atoms with Crippen molar-refractivity contribution in [3.05, 3.63) is 26.6 Å². The molecule has 1 aliphatic rings. The third-order valence-corrected chi connectivity index (χ3v) is 4.86. The van der Waals surface area contributed by atoms with E-state index in [0.29, 0.717) is 12.6 Å². The Morgan fingerprint density at radius 1 is 1.22 bits per heavy atom. The highest BCUT2D eigenvalue weighted by molar-refractivity contribution is 9.11. The van der Waals surface area contributed by atoms with Crippen molar-refractivity contribution in [3.8, 4) is 0 Å². The van der Waals surface area contributed by atoms with Crippen molar-refractivity contribution < 1.29 is 0 Å². The molecule has 0 bridgehead atoms. The molecule has 1 aromatic carbocycles. The summed E-state index contributed by atoms with van der Waals surface area (Å²) < 4.78 is 2.21. The molecule has 18 heavy (non-hydrogen) atoms. The second-order valence-corrected chi connectivity index (χ2v) is 6.77. The molecule has 0 aromatic heterocycles. The molecular formula is C14H20Br2N2. The Morgan fingerprint density at radius 2 is 1.89 bits per heavy atom.